The van der Waals surface area contributed by atoms with Crippen LogP contribution in [-0.4, -0.2) is 58.0 Å². The molecule has 3 fully saturated rings. The summed E-state index contributed by atoms with van der Waals surface area (Å²) < 4.78 is 10.2. The van der Waals surface area contributed by atoms with Crippen molar-refractivity contribution in [2.24, 2.45) is 23.7 Å². The SMILES string of the molecule is COc1cccc(NC(=O)COC(=O)[C@H](C)N2C(=O)[C@@H]3[C@H]4C[C@@H]([C@H](Br)[C@@H]4Br)[C@@H]3C2=O)c1. The third-order valence-corrected chi connectivity index (χ3v) is 9.66. The fourth-order valence-electron chi connectivity index (χ4n) is 5.01. The Morgan fingerprint density at radius 2 is 1.77 bits per heavy atom. The van der Waals surface area contributed by atoms with E-state index in [1.165, 1.54) is 14.0 Å². The largest absolute Gasteiger partial charge is 0.497 e. The molecule has 7 atom stereocenters. The molecule has 3 aliphatic rings. The molecule has 31 heavy (non-hydrogen) atoms. The second kappa shape index (κ2) is 8.54. The molecule has 2 saturated carbocycles. The molecule has 0 aromatic heterocycles. The molecule has 2 bridgehead atoms. The van der Waals surface area contributed by atoms with Crippen molar-refractivity contribution in [1.29, 1.82) is 0 Å². The van der Waals surface area contributed by atoms with Crippen molar-refractivity contribution < 1.29 is 28.7 Å². The lowest BCUT2D eigenvalue weighted by Crippen LogP contribution is -2.45. The molecular weight excluding hydrogens is 536 g/mol. The number of anilines is 1. The van der Waals surface area contributed by atoms with E-state index in [0.717, 1.165) is 11.3 Å². The highest BCUT2D eigenvalue weighted by atomic mass is 79.9. The molecule has 2 aliphatic carbocycles. The predicted octanol–water partition coefficient (Wildman–Crippen LogP) is 2.34. The summed E-state index contributed by atoms with van der Waals surface area (Å²) in [5.74, 6) is -2.06. The minimum Gasteiger partial charge on any atom is -0.497 e. The van der Waals surface area contributed by atoms with Gasteiger partial charge in [-0.2, -0.15) is 0 Å². The number of carbonyl (C=O) groups excluding carboxylic acids is 4. The molecule has 1 aromatic carbocycles. The molecule has 3 amide bonds. The predicted molar refractivity (Wildman–Crippen MR) is 118 cm³/mol. The van der Waals surface area contributed by atoms with Gasteiger partial charge in [0.05, 0.1) is 18.9 Å². The average molecular weight is 558 g/mol. The molecule has 1 heterocycles. The smallest absolute Gasteiger partial charge is 0.329 e. The lowest BCUT2D eigenvalue weighted by molar-refractivity contribution is -0.159. The minimum atomic E-state index is -1.09. The van der Waals surface area contributed by atoms with E-state index in [1.54, 1.807) is 24.3 Å². The number of fused-ring (bicyclic) bond motifs is 5. The van der Waals surface area contributed by atoms with Crippen LogP contribution >= 0.6 is 31.9 Å². The molecule has 0 unspecified atom stereocenters. The van der Waals surface area contributed by atoms with Crippen LogP contribution < -0.4 is 10.1 Å². The van der Waals surface area contributed by atoms with E-state index in [9.17, 15) is 19.2 Å². The van der Waals surface area contributed by atoms with Crippen molar-refractivity contribution >= 4 is 61.2 Å². The summed E-state index contributed by atoms with van der Waals surface area (Å²) in [6.45, 7) is 0.930. The summed E-state index contributed by atoms with van der Waals surface area (Å²) in [5.41, 5.74) is 0.496. The first-order valence-corrected chi connectivity index (χ1v) is 11.8. The summed E-state index contributed by atoms with van der Waals surface area (Å²) in [6, 6.07) is 5.67. The van der Waals surface area contributed by atoms with Crippen LogP contribution in [0.25, 0.3) is 0 Å². The molecule has 4 rings (SSSR count). The van der Waals surface area contributed by atoms with Crippen molar-refractivity contribution in [2.75, 3.05) is 19.0 Å². The van der Waals surface area contributed by atoms with Crippen LogP contribution in [0.15, 0.2) is 24.3 Å². The van der Waals surface area contributed by atoms with Crippen LogP contribution in [0.4, 0.5) is 5.69 Å². The zero-order valence-electron chi connectivity index (χ0n) is 16.9. The van der Waals surface area contributed by atoms with Gasteiger partial charge in [-0.1, -0.05) is 37.9 Å². The number of rotatable bonds is 6. The summed E-state index contributed by atoms with van der Waals surface area (Å²) in [5, 5.41) is 2.61. The molecule has 8 nitrogen and oxygen atoms in total. The van der Waals surface area contributed by atoms with Crippen LogP contribution in [-0.2, 0) is 23.9 Å². The van der Waals surface area contributed by atoms with Crippen molar-refractivity contribution in [3.63, 3.8) is 0 Å². The molecule has 0 spiro atoms. The first kappa shape index (κ1) is 22.3. The number of nitrogens with one attached hydrogen (secondary N) is 1. The number of carbonyl (C=O) groups is 4. The third-order valence-electron chi connectivity index (χ3n) is 6.45. The first-order chi connectivity index (χ1) is 14.7. The molecule has 1 aromatic rings. The Kier molecular flexibility index (Phi) is 6.13. The summed E-state index contributed by atoms with van der Waals surface area (Å²) >= 11 is 7.27. The Labute approximate surface area is 196 Å². The zero-order chi connectivity index (χ0) is 22.4. The number of alkyl halides is 2. The number of halogens is 2. The Hall–Kier alpha value is -1.94. The molecule has 10 heteroatoms. The van der Waals surface area contributed by atoms with Crippen molar-refractivity contribution in [3.05, 3.63) is 24.3 Å². The van der Waals surface area contributed by atoms with Crippen LogP contribution in [0, 0.1) is 23.7 Å². The van der Waals surface area contributed by atoms with Gasteiger partial charge in [-0.05, 0) is 37.3 Å². The number of esters is 1. The van der Waals surface area contributed by atoms with E-state index in [-0.39, 0.29) is 33.3 Å². The van der Waals surface area contributed by atoms with E-state index in [0.29, 0.717) is 11.4 Å². The quantitative estimate of drug-likeness (QED) is 0.327. The highest BCUT2D eigenvalue weighted by Crippen LogP contribution is 2.60. The van der Waals surface area contributed by atoms with Gasteiger partial charge < -0.3 is 14.8 Å². The summed E-state index contributed by atoms with van der Waals surface area (Å²) in [6.07, 6.45) is 0.815. The molecule has 166 valence electrons. The molecule has 1 aliphatic heterocycles. The van der Waals surface area contributed by atoms with E-state index in [1.807, 2.05) is 0 Å². The Bertz CT molecular complexity index is 908. The number of amides is 3. The standard InChI is InChI=1S/C21H22Br2N2O6/c1-9(21(29)31-8-14(26)24-10-4-3-5-11(6-10)30-2)25-19(27)15-12-7-13(16(15)20(25)28)18(23)17(12)22/h3-6,9,12-13,15-18H,7-8H2,1-2H3,(H,24,26)/t9-,12+,13+,15-,16+,17-,18+/m0/s1. The van der Waals surface area contributed by atoms with Crippen molar-refractivity contribution in [2.45, 2.75) is 29.0 Å². The number of benzene rings is 1. The van der Waals surface area contributed by atoms with Crippen LogP contribution in [0.1, 0.15) is 13.3 Å². The maximum absolute atomic E-state index is 13.0. The summed E-state index contributed by atoms with van der Waals surface area (Å²) in [7, 11) is 1.51. The number of ether oxygens (including phenoxy) is 2. The topological polar surface area (TPSA) is 102 Å². The van der Waals surface area contributed by atoms with Crippen molar-refractivity contribution in [1.82, 2.24) is 4.90 Å². The number of methoxy groups -OCH3 is 1. The highest BCUT2D eigenvalue weighted by molar-refractivity contribution is 9.12. The maximum Gasteiger partial charge on any atom is 0.329 e. The van der Waals surface area contributed by atoms with Crippen LogP contribution in [0.3, 0.4) is 0 Å². The lowest BCUT2D eigenvalue weighted by Gasteiger charge is -2.28. The fourth-order valence-corrected chi connectivity index (χ4v) is 6.89. The second-order valence-corrected chi connectivity index (χ2v) is 10.2. The van der Waals surface area contributed by atoms with E-state index in [4.69, 9.17) is 9.47 Å². The molecule has 1 saturated heterocycles. The number of hydrogen-bond donors (Lipinski definition) is 1. The molecular formula is C21H22Br2N2O6. The number of nitrogens with zero attached hydrogens (tertiary/aromatic N) is 1. The minimum absolute atomic E-state index is 0.0673. The van der Waals surface area contributed by atoms with Gasteiger partial charge in [0.2, 0.25) is 11.8 Å². The Morgan fingerprint density at radius 1 is 1.16 bits per heavy atom. The first-order valence-electron chi connectivity index (χ1n) is 10.00. The van der Waals surface area contributed by atoms with Gasteiger partial charge in [-0.25, -0.2) is 4.79 Å². The normalized spacial score (nSPS) is 32.1. The van der Waals surface area contributed by atoms with Gasteiger partial charge in [0.25, 0.3) is 5.91 Å². The van der Waals surface area contributed by atoms with Crippen LogP contribution in [0.2, 0.25) is 0 Å². The highest BCUT2D eigenvalue weighted by Gasteiger charge is 2.67. The van der Waals surface area contributed by atoms with Gasteiger partial charge >= 0.3 is 5.97 Å². The van der Waals surface area contributed by atoms with Gasteiger partial charge in [-0.15, -0.1) is 0 Å². The monoisotopic (exact) mass is 556 g/mol. The Balaban J connectivity index is 1.36. The lowest BCUT2D eigenvalue weighted by atomic mass is 9.81. The number of likely N-dealkylation sites (tertiary alicyclic amines) is 1. The van der Waals surface area contributed by atoms with Gasteiger partial charge in [-0.3, -0.25) is 19.3 Å². The second-order valence-electron chi connectivity index (χ2n) is 8.11. The molecule has 1 N–H and O–H groups in total. The summed E-state index contributed by atoms with van der Waals surface area (Å²) in [4.78, 5) is 51.9. The van der Waals surface area contributed by atoms with Gasteiger partial charge in [0.15, 0.2) is 6.61 Å². The maximum atomic E-state index is 13.0. The third kappa shape index (κ3) is 3.77. The van der Waals surface area contributed by atoms with Crippen LogP contribution in [0.5, 0.6) is 5.75 Å². The number of hydrogen-bond acceptors (Lipinski definition) is 6. The van der Waals surface area contributed by atoms with E-state index in [2.05, 4.69) is 37.2 Å². The average Bonchev–Trinajstić information content (AvgIpc) is 3.36. The van der Waals surface area contributed by atoms with E-state index < -0.39 is 36.4 Å². The van der Waals surface area contributed by atoms with Crippen molar-refractivity contribution in [3.8, 4) is 5.75 Å². The van der Waals surface area contributed by atoms with Gasteiger partial charge in [0, 0.05) is 21.4 Å². The fraction of sp³-hybridized carbons (Fsp3) is 0.524. The Morgan fingerprint density at radius 3 is 2.35 bits per heavy atom. The van der Waals surface area contributed by atoms with Gasteiger partial charge in [0.1, 0.15) is 11.8 Å². The zero-order valence-corrected chi connectivity index (χ0v) is 20.1. The molecule has 0 radical (unpaired) electrons. The van der Waals surface area contributed by atoms with E-state index >= 15 is 0 Å². The number of imide groups is 1.